The van der Waals surface area contributed by atoms with Gasteiger partial charge in [-0.3, -0.25) is 4.79 Å². The Morgan fingerprint density at radius 3 is 2.30 bits per heavy atom. The molecule has 16 heteroatoms. The van der Waals surface area contributed by atoms with Crippen LogP contribution in [0.4, 0.5) is 0 Å². The van der Waals surface area contributed by atoms with E-state index in [9.17, 15) is 35.4 Å². The molecule has 7 N–H and O–H groups in total. The minimum absolute atomic E-state index is 0.0407. The van der Waals surface area contributed by atoms with Gasteiger partial charge in [-0.1, -0.05) is 40.9 Å². The monoisotopic (exact) mass is 717 g/mol. The van der Waals surface area contributed by atoms with E-state index < -0.39 is 67.1 Å². The number of carbonyl (C=O) groups is 1. The molecule has 0 radical (unpaired) electrons. The van der Waals surface area contributed by atoms with Crippen LogP contribution in [-0.2, 0) is 19.0 Å². The van der Waals surface area contributed by atoms with Crippen LogP contribution in [0.5, 0.6) is 17.2 Å². The van der Waals surface area contributed by atoms with Crippen molar-refractivity contribution in [1.82, 2.24) is 5.32 Å². The Morgan fingerprint density at radius 2 is 1.60 bits per heavy atom. The lowest BCUT2D eigenvalue weighted by Gasteiger charge is -2.41. The second-order valence-electron chi connectivity index (χ2n) is 11.4. The van der Waals surface area contributed by atoms with Crippen molar-refractivity contribution in [3.8, 4) is 17.2 Å². The second-order valence-corrected chi connectivity index (χ2v) is 12.5. The number of nitrogens with one attached hydrogen (secondary N) is 1. The molecule has 0 bridgehead atoms. The summed E-state index contributed by atoms with van der Waals surface area (Å²) in [6.07, 6.45) is -8.06. The number of ether oxygens (including phenoxy) is 5. The van der Waals surface area contributed by atoms with Crippen molar-refractivity contribution < 1.29 is 59.1 Å². The number of benzene rings is 2. The van der Waals surface area contributed by atoms with E-state index in [4.69, 9.17) is 58.5 Å². The molecule has 0 spiro atoms. The Kier molecular flexibility index (Phi) is 11.3. The summed E-state index contributed by atoms with van der Waals surface area (Å²) in [5.74, 6) is -0.742. The number of amides is 1. The molecule has 47 heavy (non-hydrogen) atoms. The summed E-state index contributed by atoms with van der Waals surface area (Å²) in [4.78, 5) is 12.9. The topological polar surface area (TPSA) is 197 Å². The summed E-state index contributed by atoms with van der Waals surface area (Å²) in [6.45, 7) is 3.04. The van der Waals surface area contributed by atoms with Crippen molar-refractivity contribution in [1.29, 1.82) is 0 Å². The number of fused-ring (bicyclic) bond motifs is 1. The number of halogens is 3. The summed E-state index contributed by atoms with van der Waals surface area (Å²) >= 11 is 18.1. The number of hydrogen-bond donors (Lipinski definition) is 7. The van der Waals surface area contributed by atoms with Crippen LogP contribution in [0.25, 0.3) is 6.08 Å². The first-order valence-electron chi connectivity index (χ1n) is 14.5. The molecule has 2 aliphatic heterocycles. The predicted molar refractivity (Wildman–Crippen MR) is 168 cm³/mol. The van der Waals surface area contributed by atoms with E-state index in [2.05, 4.69) is 5.32 Å². The molecule has 1 aliphatic carbocycles. The highest BCUT2D eigenvalue weighted by atomic mass is 35.5. The third-order valence-electron chi connectivity index (χ3n) is 8.18. The number of aliphatic hydroxyl groups is 5. The zero-order valence-corrected chi connectivity index (χ0v) is 27.3. The average Bonchev–Trinajstić information content (AvgIpc) is 3.64. The lowest BCUT2D eigenvalue weighted by atomic mass is 9.83. The summed E-state index contributed by atoms with van der Waals surface area (Å²) in [5, 5.41) is 66.3. The molecule has 5 rings (SSSR count). The molecule has 0 unspecified atom stereocenters. The van der Waals surface area contributed by atoms with Crippen LogP contribution in [0.2, 0.25) is 15.1 Å². The van der Waals surface area contributed by atoms with Crippen molar-refractivity contribution >= 4 is 46.8 Å². The van der Waals surface area contributed by atoms with Gasteiger partial charge in [0.05, 0.1) is 16.1 Å². The maximum atomic E-state index is 12.9. The van der Waals surface area contributed by atoms with E-state index in [1.807, 2.05) is 0 Å². The molecule has 256 valence electrons. The standard InChI is InChI=1S/C31H34Cl3NO12/c1-12(7-8-43-18-6-4-15(32)19(33)20(18)34)27-25(40)26(41)31(47-27)46-17-5-3-14(10-16(17)36)9-13(2)30(42)35-21-22(37)24(39)29-28(23(21)38)44-11-45-29/h3-7,9-10,21-29,31,36-41H,8,11H2,1-2H3,(H,35,42)/b12-7+,13-9+/t21-,22+,23-,24-,25+,26+,27-,28+,29-,31-/m1/s1. The van der Waals surface area contributed by atoms with Gasteiger partial charge in [-0.25, -0.2) is 0 Å². The average molecular weight is 719 g/mol. The molecule has 1 saturated carbocycles. The normalized spacial score (nSPS) is 32.6. The van der Waals surface area contributed by atoms with E-state index in [0.717, 1.165) is 0 Å². The molecule has 2 heterocycles. The quantitative estimate of drug-likeness (QED) is 0.113. The minimum Gasteiger partial charge on any atom is -0.504 e. The zero-order chi connectivity index (χ0) is 34.2. The summed E-state index contributed by atoms with van der Waals surface area (Å²) in [7, 11) is 0. The highest BCUT2D eigenvalue weighted by Gasteiger charge is 2.53. The van der Waals surface area contributed by atoms with Gasteiger partial charge < -0.3 is 59.6 Å². The summed E-state index contributed by atoms with van der Waals surface area (Å²) in [5.41, 5.74) is 1.08. The first-order valence-corrected chi connectivity index (χ1v) is 15.6. The molecule has 13 nitrogen and oxygen atoms in total. The SMILES string of the molecule is C/C(=C\c1ccc(O[C@@H]2O[C@H](/C(C)=C/COc3ccc(Cl)c(Cl)c3Cl)[C@@H](O)[C@@H]2O)c(O)c1)C(=O)N[C@@H]1[C@H](O)[C@@H](O)[C@H]2OCO[C@H]2[C@@H]1O. The van der Waals surface area contributed by atoms with Crippen LogP contribution in [0.3, 0.4) is 0 Å². The first kappa shape index (κ1) is 35.6. The molecule has 0 aromatic heterocycles. The number of phenols is 1. The minimum atomic E-state index is -1.50. The third kappa shape index (κ3) is 7.51. The predicted octanol–water partition coefficient (Wildman–Crippen LogP) is 1.93. The molecule has 3 fully saturated rings. The lowest BCUT2D eigenvalue weighted by Crippen LogP contribution is -2.67. The van der Waals surface area contributed by atoms with E-state index >= 15 is 0 Å². The van der Waals surface area contributed by atoms with Crippen molar-refractivity contribution in [3.63, 3.8) is 0 Å². The number of rotatable bonds is 9. The summed E-state index contributed by atoms with van der Waals surface area (Å²) < 4.78 is 27.6. The van der Waals surface area contributed by atoms with Gasteiger partial charge in [0.25, 0.3) is 0 Å². The Balaban J connectivity index is 1.18. The van der Waals surface area contributed by atoms with Gasteiger partial charge in [-0.05, 0) is 61.4 Å². The number of carbonyl (C=O) groups excluding carboxylic acids is 1. The molecular weight excluding hydrogens is 685 g/mol. The maximum Gasteiger partial charge on any atom is 0.247 e. The molecule has 2 aromatic rings. The number of aliphatic hydroxyl groups excluding tert-OH is 5. The Bertz CT molecular complexity index is 1540. The van der Waals surface area contributed by atoms with Crippen molar-refractivity contribution in [3.05, 3.63) is 68.2 Å². The van der Waals surface area contributed by atoms with Crippen molar-refractivity contribution in [2.75, 3.05) is 13.4 Å². The van der Waals surface area contributed by atoms with Gasteiger partial charge in [0.15, 0.2) is 11.5 Å². The van der Waals surface area contributed by atoms with Crippen LogP contribution in [-0.4, -0.2) is 111 Å². The van der Waals surface area contributed by atoms with Gasteiger partial charge in [0, 0.05) is 5.57 Å². The molecule has 3 aliphatic rings. The first-order chi connectivity index (χ1) is 22.3. The van der Waals surface area contributed by atoms with Gasteiger partial charge in [0.2, 0.25) is 12.2 Å². The van der Waals surface area contributed by atoms with Gasteiger partial charge in [0.1, 0.15) is 73.0 Å². The molecular formula is C31H34Cl3NO12. The lowest BCUT2D eigenvalue weighted by molar-refractivity contribution is -0.155. The smallest absolute Gasteiger partial charge is 0.247 e. The fourth-order valence-electron chi connectivity index (χ4n) is 5.50. The van der Waals surface area contributed by atoms with Crippen molar-refractivity contribution in [2.24, 2.45) is 0 Å². The van der Waals surface area contributed by atoms with E-state index in [0.29, 0.717) is 16.9 Å². The van der Waals surface area contributed by atoms with Crippen molar-refractivity contribution in [2.45, 2.75) is 75.0 Å². The van der Waals surface area contributed by atoms with Gasteiger partial charge >= 0.3 is 0 Å². The number of phenolic OH excluding ortho intramolecular Hbond substituents is 1. The highest BCUT2D eigenvalue weighted by molar-refractivity contribution is 6.48. The molecule has 10 atom stereocenters. The maximum absolute atomic E-state index is 12.9. The van der Waals surface area contributed by atoms with Gasteiger partial charge in [-0.2, -0.15) is 0 Å². The Labute approximate surface area is 284 Å². The van der Waals surface area contributed by atoms with Crippen LogP contribution in [0.15, 0.2) is 47.6 Å². The number of hydrogen-bond acceptors (Lipinski definition) is 12. The third-order valence-corrected chi connectivity index (χ3v) is 9.46. The summed E-state index contributed by atoms with van der Waals surface area (Å²) in [6, 6.07) is 6.10. The largest absolute Gasteiger partial charge is 0.504 e. The van der Waals surface area contributed by atoms with Crippen LogP contribution < -0.4 is 14.8 Å². The fourth-order valence-corrected chi connectivity index (χ4v) is 6.09. The highest BCUT2D eigenvalue weighted by Crippen LogP contribution is 2.38. The zero-order valence-electron chi connectivity index (χ0n) is 25.0. The van der Waals surface area contributed by atoms with Gasteiger partial charge in [-0.15, -0.1) is 0 Å². The van der Waals surface area contributed by atoms with Crippen LogP contribution in [0.1, 0.15) is 19.4 Å². The Morgan fingerprint density at radius 1 is 0.915 bits per heavy atom. The fraction of sp³-hybridized carbons (Fsp3) is 0.452. The van der Waals surface area contributed by atoms with Crippen LogP contribution in [0, 0.1) is 0 Å². The Hall–Kier alpha value is -2.66. The van der Waals surface area contributed by atoms with E-state index in [-0.39, 0.29) is 45.5 Å². The van der Waals surface area contributed by atoms with E-state index in [1.165, 1.54) is 31.2 Å². The second kappa shape index (κ2) is 14.8. The van der Waals surface area contributed by atoms with E-state index in [1.54, 1.807) is 25.1 Å². The molecule has 2 aromatic carbocycles. The van der Waals surface area contributed by atoms with Crippen LogP contribution >= 0.6 is 34.8 Å². The molecule has 2 saturated heterocycles. The molecule has 1 amide bonds. The number of aromatic hydroxyl groups is 1.